The van der Waals surface area contributed by atoms with Gasteiger partial charge in [0.05, 0.1) is 10.7 Å². The van der Waals surface area contributed by atoms with E-state index >= 15 is 0 Å². The van der Waals surface area contributed by atoms with Gasteiger partial charge in [0.25, 0.3) is 0 Å². The van der Waals surface area contributed by atoms with Gasteiger partial charge in [-0.25, -0.2) is 0 Å². The minimum atomic E-state index is 0.0695. The van der Waals surface area contributed by atoms with Crippen molar-refractivity contribution in [2.24, 2.45) is 5.92 Å². The van der Waals surface area contributed by atoms with Gasteiger partial charge in [0, 0.05) is 5.92 Å². The van der Waals surface area contributed by atoms with E-state index in [0.717, 1.165) is 24.8 Å². The van der Waals surface area contributed by atoms with Crippen molar-refractivity contribution < 1.29 is 4.79 Å². The lowest BCUT2D eigenvalue weighted by atomic mass is 9.93. The first-order valence-corrected chi connectivity index (χ1v) is 6.26. The van der Waals surface area contributed by atoms with Crippen LogP contribution in [0, 0.1) is 12.8 Å². The standard InChI is InChI=1S/C14H16ClNO/c1-10-7-8-13(12(15)9-10)16-14(17)11-5-3-2-4-6-11/h2-3,7-9,11H,4-6H2,1H3,(H,16,17). The van der Waals surface area contributed by atoms with Crippen molar-refractivity contribution in [2.45, 2.75) is 26.2 Å². The summed E-state index contributed by atoms with van der Waals surface area (Å²) in [7, 11) is 0. The normalized spacial score (nSPS) is 19.1. The van der Waals surface area contributed by atoms with Gasteiger partial charge < -0.3 is 5.32 Å². The van der Waals surface area contributed by atoms with Crippen molar-refractivity contribution in [1.82, 2.24) is 0 Å². The first kappa shape index (κ1) is 12.2. The highest BCUT2D eigenvalue weighted by Gasteiger charge is 2.19. The van der Waals surface area contributed by atoms with E-state index < -0.39 is 0 Å². The summed E-state index contributed by atoms with van der Waals surface area (Å²) in [5, 5.41) is 3.50. The average Bonchev–Trinajstić information content (AvgIpc) is 2.34. The highest BCUT2D eigenvalue weighted by atomic mass is 35.5. The van der Waals surface area contributed by atoms with Crippen LogP contribution in [0.4, 0.5) is 5.69 Å². The van der Waals surface area contributed by atoms with Crippen LogP contribution in [-0.4, -0.2) is 5.91 Å². The Labute approximate surface area is 107 Å². The van der Waals surface area contributed by atoms with Gasteiger partial charge in [-0.3, -0.25) is 4.79 Å². The molecule has 0 aliphatic heterocycles. The Morgan fingerprint density at radius 2 is 2.24 bits per heavy atom. The lowest BCUT2D eigenvalue weighted by Gasteiger charge is -2.17. The predicted octanol–water partition coefficient (Wildman–Crippen LogP) is 3.94. The topological polar surface area (TPSA) is 29.1 Å². The van der Waals surface area contributed by atoms with E-state index in [9.17, 15) is 4.79 Å². The molecule has 0 saturated heterocycles. The second-order valence-electron chi connectivity index (χ2n) is 4.45. The van der Waals surface area contributed by atoms with Crippen LogP contribution in [0.2, 0.25) is 5.02 Å². The van der Waals surface area contributed by atoms with E-state index in [-0.39, 0.29) is 11.8 Å². The third kappa shape index (κ3) is 3.10. The number of allylic oxidation sites excluding steroid dienone is 2. The molecule has 1 aliphatic rings. The highest BCUT2D eigenvalue weighted by molar-refractivity contribution is 6.33. The van der Waals surface area contributed by atoms with Gasteiger partial charge in [-0.15, -0.1) is 0 Å². The Kier molecular flexibility index (Phi) is 3.85. The molecule has 0 saturated carbocycles. The van der Waals surface area contributed by atoms with Gasteiger partial charge >= 0.3 is 0 Å². The molecule has 0 bridgehead atoms. The molecule has 1 unspecified atom stereocenters. The monoisotopic (exact) mass is 249 g/mol. The summed E-state index contributed by atoms with van der Waals surface area (Å²) in [6, 6.07) is 5.66. The fourth-order valence-corrected chi connectivity index (χ4v) is 2.27. The van der Waals surface area contributed by atoms with Crippen LogP contribution < -0.4 is 5.32 Å². The van der Waals surface area contributed by atoms with E-state index in [1.54, 1.807) is 0 Å². The summed E-state index contributed by atoms with van der Waals surface area (Å²) in [4.78, 5) is 12.0. The highest BCUT2D eigenvalue weighted by Crippen LogP contribution is 2.25. The van der Waals surface area contributed by atoms with Gasteiger partial charge in [0.2, 0.25) is 5.91 Å². The lowest BCUT2D eigenvalue weighted by Crippen LogP contribution is -2.23. The van der Waals surface area contributed by atoms with E-state index in [1.165, 1.54) is 0 Å². The molecule has 90 valence electrons. The summed E-state index contributed by atoms with van der Waals surface area (Å²) in [6.45, 7) is 1.98. The Bertz CT molecular complexity index is 454. The molecule has 0 radical (unpaired) electrons. The van der Waals surface area contributed by atoms with Gasteiger partial charge in [-0.2, -0.15) is 0 Å². The number of nitrogens with one attached hydrogen (secondary N) is 1. The maximum atomic E-state index is 12.0. The van der Waals surface area contributed by atoms with Crippen LogP contribution >= 0.6 is 11.6 Å². The van der Waals surface area contributed by atoms with Crippen LogP contribution in [0.5, 0.6) is 0 Å². The quantitative estimate of drug-likeness (QED) is 0.791. The summed E-state index contributed by atoms with van der Waals surface area (Å²) in [5.41, 5.74) is 1.80. The molecular weight excluding hydrogens is 234 g/mol. The lowest BCUT2D eigenvalue weighted by molar-refractivity contribution is -0.120. The number of carbonyl (C=O) groups is 1. The molecule has 1 amide bonds. The fourth-order valence-electron chi connectivity index (χ4n) is 1.99. The van der Waals surface area contributed by atoms with E-state index in [4.69, 9.17) is 11.6 Å². The molecule has 0 spiro atoms. The van der Waals surface area contributed by atoms with E-state index in [1.807, 2.05) is 25.1 Å². The Morgan fingerprint density at radius 3 is 2.88 bits per heavy atom. The van der Waals surface area contributed by atoms with Gasteiger partial charge in [0.15, 0.2) is 0 Å². The minimum absolute atomic E-state index is 0.0695. The van der Waals surface area contributed by atoms with Crippen LogP contribution in [0.1, 0.15) is 24.8 Å². The molecule has 17 heavy (non-hydrogen) atoms. The molecule has 0 heterocycles. The van der Waals surface area contributed by atoms with Crippen LogP contribution in [0.3, 0.4) is 0 Å². The number of aryl methyl sites for hydroxylation is 1. The largest absolute Gasteiger partial charge is 0.325 e. The second kappa shape index (κ2) is 5.37. The number of carbonyl (C=O) groups excluding carboxylic acids is 1. The summed E-state index contributed by atoms with van der Waals surface area (Å²) < 4.78 is 0. The van der Waals surface area contributed by atoms with Crippen LogP contribution in [-0.2, 0) is 4.79 Å². The number of hydrogen-bond acceptors (Lipinski definition) is 1. The molecule has 0 aromatic heterocycles. The van der Waals surface area contributed by atoms with Gasteiger partial charge in [0.1, 0.15) is 0 Å². The second-order valence-corrected chi connectivity index (χ2v) is 4.86. The maximum absolute atomic E-state index is 12.0. The van der Waals surface area contributed by atoms with Gasteiger partial charge in [-0.1, -0.05) is 29.8 Å². The molecule has 1 N–H and O–H groups in total. The molecule has 1 aliphatic carbocycles. The molecular formula is C14H16ClNO. The number of anilines is 1. The number of rotatable bonds is 2. The van der Waals surface area contributed by atoms with Crippen molar-refractivity contribution in [3.05, 3.63) is 40.9 Å². The van der Waals surface area contributed by atoms with Crippen molar-refractivity contribution in [1.29, 1.82) is 0 Å². The van der Waals surface area contributed by atoms with Crippen LogP contribution in [0.15, 0.2) is 30.4 Å². The Hall–Kier alpha value is -1.28. The summed E-state index contributed by atoms with van der Waals surface area (Å²) in [5.74, 6) is 0.150. The predicted molar refractivity (Wildman–Crippen MR) is 71.3 cm³/mol. The zero-order chi connectivity index (χ0) is 12.3. The molecule has 3 heteroatoms. The summed E-state index contributed by atoms with van der Waals surface area (Å²) >= 11 is 6.08. The maximum Gasteiger partial charge on any atom is 0.227 e. The molecule has 1 aromatic rings. The zero-order valence-electron chi connectivity index (χ0n) is 9.87. The third-order valence-electron chi connectivity index (χ3n) is 3.02. The zero-order valence-corrected chi connectivity index (χ0v) is 10.6. The van der Waals surface area contributed by atoms with Crippen molar-refractivity contribution in [2.75, 3.05) is 5.32 Å². The first-order chi connectivity index (χ1) is 8.16. The van der Waals surface area contributed by atoms with Crippen LogP contribution in [0.25, 0.3) is 0 Å². The first-order valence-electron chi connectivity index (χ1n) is 5.89. The van der Waals surface area contributed by atoms with E-state index in [2.05, 4.69) is 17.5 Å². The Balaban J connectivity index is 2.05. The molecule has 0 fully saturated rings. The molecule has 1 atom stereocenters. The fraction of sp³-hybridized carbons (Fsp3) is 0.357. The third-order valence-corrected chi connectivity index (χ3v) is 3.34. The minimum Gasteiger partial charge on any atom is -0.325 e. The number of halogens is 1. The number of amides is 1. The van der Waals surface area contributed by atoms with Gasteiger partial charge in [-0.05, 0) is 43.9 Å². The summed E-state index contributed by atoms with van der Waals surface area (Å²) in [6.07, 6.45) is 6.94. The number of benzene rings is 1. The average molecular weight is 250 g/mol. The molecule has 2 rings (SSSR count). The van der Waals surface area contributed by atoms with E-state index in [0.29, 0.717) is 10.7 Å². The molecule has 2 nitrogen and oxygen atoms in total. The van der Waals surface area contributed by atoms with Crippen molar-refractivity contribution >= 4 is 23.2 Å². The SMILES string of the molecule is Cc1ccc(NC(=O)C2CC=CCC2)c(Cl)c1. The number of hydrogen-bond donors (Lipinski definition) is 1. The Morgan fingerprint density at radius 1 is 1.41 bits per heavy atom. The van der Waals surface area contributed by atoms with Crippen molar-refractivity contribution in [3.8, 4) is 0 Å². The molecule has 1 aromatic carbocycles. The van der Waals surface area contributed by atoms with Crippen molar-refractivity contribution in [3.63, 3.8) is 0 Å². The smallest absolute Gasteiger partial charge is 0.227 e.